The van der Waals surface area contributed by atoms with Gasteiger partial charge in [0, 0.05) is 36.7 Å². The number of ether oxygens (including phenoxy) is 1. The lowest BCUT2D eigenvalue weighted by Crippen LogP contribution is -2.43. The molecule has 4 heterocycles. The second kappa shape index (κ2) is 7.11. The average Bonchev–Trinajstić information content (AvgIpc) is 3.40. The fourth-order valence-corrected chi connectivity index (χ4v) is 4.38. The van der Waals surface area contributed by atoms with Gasteiger partial charge in [-0.25, -0.2) is 14.8 Å². The van der Waals surface area contributed by atoms with Gasteiger partial charge in [0.2, 0.25) is 0 Å². The summed E-state index contributed by atoms with van der Waals surface area (Å²) in [6.07, 6.45) is 4.33. The molecule has 3 aromatic heterocycles. The van der Waals surface area contributed by atoms with Crippen LogP contribution in [0.5, 0.6) is 0 Å². The van der Waals surface area contributed by atoms with Crippen molar-refractivity contribution in [2.75, 3.05) is 13.2 Å². The maximum absolute atomic E-state index is 13.0. The van der Waals surface area contributed by atoms with Crippen LogP contribution >= 0.6 is 11.3 Å². The van der Waals surface area contributed by atoms with Crippen molar-refractivity contribution >= 4 is 34.2 Å². The number of likely N-dealkylation sites (tertiary alicyclic amines) is 1. The van der Waals surface area contributed by atoms with E-state index in [9.17, 15) is 9.59 Å². The number of H-pyrrole nitrogens is 1. The van der Waals surface area contributed by atoms with Gasteiger partial charge in [-0.05, 0) is 31.4 Å². The minimum Gasteiger partial charge on any atom is -0.464 e. The molecule has 0 spiro atoms. The Labute approximate surface area is 161 Å². The molecule has 0 unspecified atom stereocenters. The molecular formula is C19H22N4O3S. The number of aromatic nitrogens is 3. The van der Waals surface area contributed by atoms with E-state index in [2.05, 4.69) is 15.0 Å². The van der Waals surface area contributed by atoms with Crippen molar-refractivity contribution in [2.45, 2.75) is 26.3 Å². The SMILES string of the molecule is CCOC(=O)[C@@H]1[C@@H](C)CCN1C(=O)c1csc(-c2ccnc3[nH]ccc23)n1.[HH]. The highest BCUT2D eigenvalue weighted by atomic mass is 32.1. The predicted octanol–water partition coefficient (Wildman–Crippen LogP) is 3.35. The molecule has 2 atom stereocenters. The van der Waals surface area contributed by atoms with Crippen molar-refractivity contribution in [1.82, 2.24) is 19.9 Å². The summed E-state index contributed by atoms with van der Waals surface area (Å²) in [5.41, 5.74) is 2.08. The van der Waals surface area contributed by atoms with Crippen LogP contribution in [0.15, 0.2) is 29.9 Å². The van der Waals surface area contributed by atoms with Crippen molar-refractivity contribution in [3.05, 3.63) is 35.6 Å². The number of hydrogen-bond donors (Lipinski definition) is 1. The van der Waals surface area contributed by atoms with Crippen molar-refractivity contribution < 1.29 is 15.8 Å². The van der Waals surface area contributed by atoms with Gasteiger partial charge in [0.15, 0.2) is 0 Å². The van der Waals surface area contributed by atoms with Gasteiger partial charge in [0.25, 0.3) is 5.91 Å². The van der Waals surface area contributed by atoms with E-state index in [0.717, 1.165) is 28.0 Å². The number of carbonyl (C=O) groups is 2. The Bertz CT molecular complexity index is 1000. The molecule has 1 amide bonds. The zero-order chi connectivity index (χ0) is 19.0. The van der Waals surface area contributed by atoms with Gasteiger partial charge in [-0.3, -0.25) is 4.79 Å². The Kier molecular flexibility index (Phi) is 4.65. The number of aromatic amines is 1. The maximum Gasteiger partial charge on any atom is 0.329 e. The fraction of sp³-hybridized carbons (Fsp3) is 0.368. The minimum absolute atomic E-state index is 0. The molecule has 4 rings (SSSR count). The normalized spacial score (nSPS) is 19.6. The van der Waals surface area contributed by atoms with Crippen LogP contribution in [0.3, 0.4) is 0 Å². The lowest BCUT2D eigenvalue weighted by atomic mass is 10.0. The zero-order valence-corrected chi connectivity index (χ0v) is 16.0. The van der Waals surface area contributed by atoms with Crippen LogP contribution in [0, 0.1) is 5.92 Å². The summed E-state index contributed by atoms with van der Waals surface area (Å²) in [6.45, 7) is 4.58. The molecular weight excluding hydrogens is 364 g/mol. The molecule has 1 aliphatic rings. The quantitative estimate of drug-likeness (QED) is 0.695. The second-order valence-electron chi connectivity index (χ2n) is 6.60. The molecule has 3 aromatic rings. The number of hydrogen-bond acceptors (Lipinski definition) is 6. The van der Waals surface area contributed by atoms with E-state index in [0.29, 0.717) is 18.8 Å². The number of pyridine rings is 1. The van der Waals surface area contributed by atoms with Gasteiger partial charge in [0.05, 0.1) is 6.61 Å². The monoisotopic (exact) mass is 386 g/mol. The van der Waals surface area contributed by atoms with Crippen LogP contribution in [0.2, 0.25) is 0 Å². The molecule has 0 bridgehead atoms. The molecule has 1 aliphatic heterocycles. The zero-order valence-electron chi connectivity index (χ0n) is 15.1. The molecule has 0 aromatic carbocycles. The minimum atomic E-state index is -0.542. The Morgan fingerprint density at radius 1 is 1.44 bits per heavy atom. The van der Waals surface area contributed by atoms with Gasteiger partial charge in [-0.2, -0.15) is 0 Å². The van der Waals surface area contributed by atoms with Gasteiger partial charge in [0.1, 0.15) is 22.4 Å². The Morgan fingerprint density at radius 3 is 3.11 bits per heavy atom. The molecule has 1 saturated heterocycles. The molecule has 7 nitrogen and oxygen atoms in total. The number of amides is 1. The van der Waals surface area contributed by atoms with E-state index in [-0.39, 0.29) is 19.2 Å². The number of nitrogens with one attached hydrogen (secondary N) is 1. The number of nitrogens with zero attached hydrogens (tertiary/aromatic N) is 3. The van der Waals surface area contributed by atoms with Crippen LogP contribution in [0.4, 0.5) is 0 Å². The summed E-state index contributed by atoms with van der Waals surface area (Å²) in [5, 5.41) is 3.47. The van der Waals surface area contributed by atoms with Crippen LogP contribution in [0.1, 0.15) is 32.2 Å². The molecule has 0 aliphatic carbocycles. The maximum atomic E-state index is 13.0. The van der Waals surface area contributed by atoms with Gasteiger partial charge in [-0.1, -0.05) is 6.92 Å². The van der Waals surface area contributed by atoms with E-state index < -0.39 is 6.04 Å². The largest absolute Gasteiger partial charge is 0.464 e. The summed E-state index contributed by atoms with van der Waals surface area (Å²) >= 11 is 1.41. The predicted molar refractivity (Wildman–Crippen MR) is 105 cm³/mol. The molecule has 0 saturated carbocycles. The second-order valence-corrected chi connectivity index (χ2v) is 7.46. The molecule has 1 fully saturated rings. The van der Waals surface area contributed by atoms with E-state index in [4.69, 9.17) is 4.74 Å². The van der Waals surface area contributed by atoms with E-state index in [1.54, 1.807) is 23.4 Å². The number of thiazole rings is 1. The summed E-state index contributed by atoms with van der Waals surface area (Å²) in [6, 6.07) is 3.29. The number of carbonyl (C=O) groups excluding carboxylic acids is 2. The summed E-state index contributed by atoms with van der Waals surface area (Å²) < 4.78 is 5.17. The van der Waals surface area contributed by atoms with Crippen LogP contribution in [0.25, 0.3) is 21.6 Å². The van der Waals surface area contributed by atoms with Gasteiger partial charge < -0.3 is 14.6 Å². The van der Waals surface area contributed by atoms with Crippen LogP contribution in [-0.2, 0) is 9.53 Å². The highest BCUT2D eigenvalue weighted by Gasteiger charge is 2.41. The summed E-state index contributed by atoms with van der Waals surface area (Å²) in [4.78, 5) is 38.8. The summed E-state index contributed by atoms with van der Waals surface area (Å²) in [7, 11) is 0. The first kappa shape index (κ1) is 17.7. The highest BCUT2D eigenvalue weighted by molar-refractivity contribution is 7.13. The standard InChI is InChI=1S/C19H20N4O3S.H2/c1-3-26-19(25)15-11(2)6-9-23(15)18(24)14-10-27-17(22-14)13-5-8-21-16-12(13)4-7-20-16;/h4-5,7-8,10-11,15H,3,6,9H2,1-2H3,(H,20,21);1H/t11-,15-;/m0./s1. The number of fused-ring (bicyclic) bond motifs is 1. The summed E-state index contributed by atoms with van der Waals surface area (Å²) in [5.74, 6) is -0.487. The number of rotatable bonds is 4. The van der Waals surface area contributed by atoms with Crippen molar-refractivity contribution in [2.24, 2.45) is 5.92 Å². The highest BCUT2D eigenvalue weighted by Crippen LogP contribution is 2.31. The van der Waals surface area contributed by atoms with Crippen molar-refractivity contribution in [3.8, 4) is 10.6 Å². The molecule has 27 heavy (non-hydrogen) atoms. The first-order valence-electron chi connectivity index (χ1n) is 8.95. The third kappa shape index (κ3) is 3.10. The van der Waals surface area contributed by atoms with E-state index in [1.165, 1.54) is 11.3 Å². The third-order valence-corrected chi connectivity index (χ3v) is 5.78. The Hall–Kier alpha value is -2.74. The van der Waals surface area contributed by atoms with E-state index >= 15 is 0 Å². The first-order valence-corrected chi connectivity index (χ1v) is 9.83. The van der Waals surface area contributed by atoms with Crippen molar-refractivity contribution in [1.29, 1.82) is 0 Å². The van der Waals surface area contributed by atoms with Crippen LogP contribution < -0.4 is 0 Å². The molecule has 0 radical (unpaired) electrons. The van der Waals surface area contributed by atoms with Gasteiger partial charge in [-0.15, -0.1) is 11.3 Å². The Balaban J connectivity index is 0.00000225. The first-order chi connectivity index (χ1) is 13.1. The molecule has 1 N–H and O–H groups in total. The lowest BCUT2D eigenvalue weighted by Gasteiger charge is -2.24. The lowest BCUT2D eigenvalue weighted by molar-refractivity contribution is -0.148. The Morgan fingerprint density at radius 2 is 2.30 bits per heavy atom. The van der Waals surface area contributed by atoms with Gasteiger partial charge >= 0.3 is 5.97 Å². The van der Waals surface area contributed by atoms with Crippen LogP contribution in [-0.4, -0.2) is 50.9 Å². The topological polar surface area (TPSA) is 88.2 Å². The third-order valence-electron chi connectivity index (χ3n) is 4.90. The smallest absolute Gasteiger partial charge is 0.329 e. The number of esters is 1. The molecule has 8 heteroatoms. The molecule has 142 valence electrons. The fourth-order valence-electron chi connectivity index (χ4n) is 3.55. The van der Waals surface area contributed by atoms with Crippen molar-refractivity contribution in [3.63, 3.8) is 0 Å². The average molecular weight is 386 g/mol. The van der Waals surface area contributed by atoms with E-state index in [1.807, 2.05) is 25.3 Å².